The quantitative estimate of drug-likeness (QED) is 0.479. The number of aliphatic hydroxyl groups excluding tert-OH is 1. The number of benzene rings is 1. The van der Waals surface area contributed by atoms with Gasteiger partial charge in [-0.1, -0.05) is 0 Å². The van der Waals surface area contributed by atoms with Crippen LogP contribution in [0.25, 0.3) is 0 Å². The predicted octanol–water partition coefficient (Wildman–Crippen LogP) is 2.86. The average Bonchev–Trinajstić information content (AvgIpc) is 3.26. The summed E-state index contributed by atoms with van der Waals surface area (Å²) in [6.45, 7) is 8.50. The first-order chi connectivity index (χ1) is 17.9. The van der Waals surface area contributed by atoms with E-state index in [0.29, 0.717) is 41.1 Å². The summed E-state index contributed by atoms with van der Waals surface area (Å²) < 4.78 is 5.89. The summed E-state index contributed by atoms with van der Waals surface area (Å²) in [7, 11) is 3.85. The molecule has 196 valence electrons. The highest BCUT2D eigenvalue weighted by molar-refractivity contribution is 7.16. The molecule has 11 nitrogen and oxygen atoms in total. The number of rotatable bonds is 7. The molecule has 0 bridgehead atoms. The Morgan fingerprint density at radius 3 is 2.68 bits per heavy atom. The van der Waals surface area contributed by atoms with Crippen LogP contribution in [0.3, 0.4) is 0 Å². The molecular formula is C25H32N8O3S. The van der Waals surface area contributed by atoms with Crippen LogP contribution in [0, 0.1) is 6.92 Å². The van der Waals surface area contributed by atoms with Crippen LogP contribution in [0.5, 0.6) is 5.75 Å². The lowest BCUT2D eigenvalue weighted by atomic mass is 10.2. The third kappa shape index (κ3) is 4.91. The van der Waals surface area contributed by atoms with Gasteiger partial charge in [-0.3, -0.25) is 4.79 Å². The first-order valence-electron chi connectivity index (χ1n) is 12.4. The highest BCUT2D eigenvalue weighted by Crippen LogP contribution is 2.42. The number of likely N-dealkylation sites (N-methyl/N-ethyl adjacent to an activating group) is 1. The van der Waals surface area contributed by atoms with Gasteiger partial charge in [-0.2, -0.15) is 4.98 Å². The van der Waals surface area contributed by atoms with E-state index in [0.717, 1.165) is 41.9 Å². The Hall–Kier alpha value is -3.48. The van der Waals surface area contributed by atoms with Crippen molar-refractivity contribution < 1.29 is 14.6 Å². The molecule has 0 spiro atoms. The molecule has 2 aliphatic rings. The summed E-state index contributed by atoms with van der Waals surface area (Å²) in [6, 6.07) is 6.00. The summed E-state index contributed by atoms with van der Waals surface area (Å²) in [5.41, 5.74) is 2.81. The minimum atomic E-state index is -0.181. The fourth-order valence-electron chi connectivity index (χ4n) is 4.53. The number of hydrogen-bond acceptors (Lipinski definition) is 11. The number of aryl methyl sites for hydroxylation is 1. The minimum absolute atomic E-state index is 0.0874. The molecule has 2 N–H and O–H groups in total. The molecule has 1 amide bonds. The number of fused-ring (bicyclic) bond motifs is 2. The van der Waals surface area contributed by atoms with Gasteiger partial charge in [-0.05, 0) is 33.0 Å². The van der Waals surface area contributed by atoms with Crippen molar-refractivity contribution in [3.05, 3.63) is 35.1 Å². The number of nitrogens with zero attached hydrogens (tertiary/aromatic N) is 7. The largest absolute Gasteiger partial charge is 0.489 e. The predicted molar refractivity (Wildman–Crippen MR) is 146 cm³/mol. The highest BCUT2D eigenvalue weighted by Gasteiger charge is 2.33. The molecule has 1 fully saturated rings. The van der Waals surface area contributed by atoms with E-state index in [-0.39, 0.29) is 19.1 Å². The van der Waals surface area contributed by atoms with E-state index in [1.54, 1.807) is 18.1 Å². The van der Waals surface area contributed by atoms with Crippen LogP contribution in [-0.2, 0) is 0 Å². The second-order valence-electron chi connectivity index (χ2n) is 9.07. The molecule has 3 aromatic rings. The summed E-state index contributed by atoms with van der Waals surface area (Å²) in [5, 5.41) is 14.3. The van der Waals surface area contributed by atoms with Crippen molar-refractivity contribution in [1.29, 1.82) is 0 Å². The number of aromatic nitrogens is 3. The zero-order valence-corrected chi connectivity index (χ0v) is 22.4. The van der Waals surface area contributed by atoms with E-state index in [4.69, 9.17) is 9.72 Å². The molecule has 0 radical (unpaired) electrons. The van der Waals surface area contributed by atoms with Crippen LogP contribution >= 0.6 is 11.3 Å². The van der Waals surface area contributed by atoms with Gasteiger partial charge in [0, 0.05) is 51.5 Å². The molecule has 2 aliphatic heterocycles. The fraction of sp³-hybridized carbons (Fsp3) is 0.440. The Morgan fingerprint density at radius 1 is 1.16 bits per heavy atom. The van der Waals surface area contributed by atoms with Crippen LogP contribution in [0.4, 0.5) is 33.8 Å². The van der Waals surface area contributed by atoms with Crippen LogP contribution < -0.4 is 24.8 Å². The molecule has 1 saturated heterocycles. The number of anilines is 6. The van der Waals surface area contributed by atoms with Crippen molar-refractivity contribution in [2.75, 3.05) is 80.0 Å². The van der Waals surface area contributed by atoms with Crippen molar-refractivity contribution in [3.8, 4) is 5.75 Å². The van der Waals surface area contributed by atoms with Gasteiger partial charge in [0.05, 0.1) is 23.5 Å². The van der Waals surface area contributed by atoms with Crippen molar-refractivity contribution in [1.82, 2.24) is 19.9 Å². The molecule has 1 aromatic carbocycles. The Bertz CT molecular complexity index is 1290. The van der Waals surface area contributed by atoms with Gasteiger partial charge < -0.3 is 34.8 Å². The maximum Gasteiger partial charge on any atom is 0.279 e. The third-order valence-electron chi connectivity index (χ3n) is 6.58. The number of piperazine rings is 1. The second-order valence-corrected chi connectivity index (χ2v) is 10.2. The van der Waals surface area contributed by atoms with Gasteiger partial charge in [-0.15, -0.1) is 11.3 Å². The number of carbonyl (C=O) groups excluding carboxylic acids is 1. The number of aliphatic hydroxyl groups is 1. The Morgan fingerprint density at radius 2 is 1.95 bits per heavy atom. The average molecular weight is 525 g/mol. The standard InChI is InChI=1S/C25H32N8O3S/c1-5-33-22-19(31(4)23(35)21-24(33)37-16(2)27-21)15-26-25(29-22)28-18-7-6-17(14-20(18)36-13-12-34)32-10-8-30(3)9-11-32/h6-7,14-15,34H,5,8-13H2,1-4H3,(H,26,28,29). The van der Waals surface area contributed by atoms with Gasteiger partial charge >= 0.3 is 0 Å². The summed E-state index contributed by atoms with van der Waals surface area (Å²) >= 11 is 1.48. The molecule has 5 rings (SSSR count). The Balaban J connectivity index is 1.48. The molecule has 2 aromatic heterocycles. The van der Waals surface area contributed by atoms with Gasteiger partial charge in [0.15, 0.2) is 11.5 Å². The number of ether oxygens (including phenoxy) is 1. The first kappa shape index (κ1) is 25.2. The summed E-state index contributed by atoms with van der Waals surface area (Å²) in [4.78, 5) is 35.1. The van der Waals surface area contributed by atoms with Crippen molar-refractivity contribution in [3.63, 3.8) is 0 Å². The monoisotopic (exact) mass is 524 g/mol. The Labute approximate surface area is 220 Å². The van der Waals surface area contributed by atoms with E-state index in [1.165, 1.54) is 11.3 Å². The zero-order valence-electron chi connectivity index (χ0n) is 21.6. The van der Waals surface area contributed by atoms with Crippen LogP contribution in [0.15, 0.2) is 24.4 Å². The number of carbonyl (C=O) groups is 1. The lowest BCUT2D eigenvalue weighted by Gasteiger charge is -2.34. The molecule has 0 saturated carbocycles. The molecule has 37 heavy (non-hydrogen) atoms. The van der Waals surface area contributed by atoms with Gasteiger partial charge in [0.25, 0.3) is 5.91 Å². The van der Waals surface area contributed by atoms with E-state index in [9.17, 15) is 9.90 Å². The molecular weight excluding hydrogens is 492 g/mol. The summed E-state index contributed by atoms with van der Waals surface area (Å²) in [5.74, 6) is 1.44. The topological polar surface area (TPSA) is 110 Å². The maximum absolute atomic E-state index is 13.1. The van der Waals surface area contributed by atoms with Crippen LogP contribution in [-0.4, -0.2) is 90.9 Å². The van der Waals surface area contributed by atoms with Crippen molar-refractivity contribution >= 4 is 51.1 Å². The van der Waals surface area contributed by atoms with Crippen LogP contribution in [0.1, 0.15) is 22.4 Å². The highest BCUT2D eigenvalue weighted by atomic mass is 32.1. The number of amides is 1. The molecule has 4 heterocycles. The van der Waals surface area contributed by atoms with Crippen molar-refractivity contribution in [2.24, 2.45) is 0 Å². The van der Waals surface area contributed by atoms with Crippen molar-refractivity contribution in [2.45, 2.75) is 13.8 Å². The third-order valence-corrected chi connectivity index (χ3v) is 7.57. The van der Waals surface area contributed by atoms with E-state index >= 15 is 0 Å². The molecule has 0 aliphatic carbocycles. The van der Waals surface area contributed by atoms with E-state index < -0.39 is 0 Å². The van der Waals surface area contributed by atoms with Gasteiger partial charge in [0.2, 0.25) is 5.95 Å². The maximum atomic E-state index is 13.1. The van der Waals surface area contributed by atoms with E-state index in [2.05, 4.69) is 38.2 Å². The number of hydrogen-bond donors (Lipinski definition) is 2. The smallest absolute Gasteiger partial charge is 0.279 e. The van der Waals surface area contributed by atoms with Gasteiger partial charge in [-0.25, -0.2) is 9.97 Å². The molecule has 12 heteroatoms. The fourth-order valence-corrected chi connectivity index (χ4v) is 5.50. The number of nitrogens with one attached hydrogen (secondary N) is 1. The Kier molecular flexibility index (Phi) is 7.13. The SMILES string of the molecule is CCN1c2nc(Nc3ccc(N4CCN(C)CC4)cc3OCCO)ncc2N(C)C(=O)c2nc(C)sc21. The lowest BCUT2D eigenvalue weighted by Crippen LogP contribution is -2.44. The zero-order chi connectivity index (χ0) is 26.1. The lowest BCUT2D eigenvalue weighted by molar-refractivity contribution is 0.0990. The second kappa shape index (κ2) is 10.5. The molecule has 0 unspecified atom stereocenters. The van der Waals surface area contributed by atoms with Crippen LogP contribution in [0.2, 0.25) is 0 Å². The normalized spacial score (nSPS) is 15.9. The minimum Gasteiger partial charge on any atom is -0.489 e. The molecule has 0 atom stereocenters. The first-order valence-corrected chi connectivity index (χ1v) is 13.2. The number of thiazole rings is 1. The van der Waals surface area contributed by atoms with Gasteiger partial charge in [0.1, 0.15) is 23.0 Å². The summed E-state index contributed by atoms with van der Waals surface area (Å²) in [6.07, 6.45) is 1.65. The van der Waals surface area contributed by atoms with E-state index in [1.807, 2.05) is 30.9 Å².